The fourth-order valence-electron chi connectivity index (χ4n) is 2.73. The van der Waals surface area contributed by atoms with Crippen LogP contribution in [0.4, 0.5) is 0 Å². The molecule has 0 amide bonds. The van der Waals surface area contributed by atoms with E-state index >= 15 is 0 Å². The highest BCUT2D eigenvalue weighted by Gasteiger charge is 2.23. The first-order chi connectivity index (χ1) is 8.72. The number of phenolic OH excluding ortho intramolecular Hbond substituents is 1. The summed E-state index contributed by atoms with van der Waals surface area (Å²) in [6.07, 6.45) is 4.63. The van der Waals surface area contributed by atoms with Crippen LogP contribution in [0, 0.1) is 11.3 Å². The monoisotopic (exact) mass is 244 g/mol. The SMILES string of the molecule is CN(CCCC#N)[C@@H]1CCc2c(O)cccc2C1. The Kier molecular flexibility index (Phi) is 4.22. The van der Waals surface area contributed by atoms with Gasteiger partial charge in [0.1, 0.15) is 5.75 Å². The van der Waals surface area contributed by atoms with E-state index in [2.05, 4.69) is 24.1 Å². The van der Waals surface area contributed by atoms with E-state index < -0.39 is 0 Å². The van der Waals surface area contributed by atoms with Crippen molar-refractivity contribution < 1.29 is 5.11 Å². The van der Waals surface area contributed by atoms with Gasteiger partial charge in [-0.05, 0) is 56.5 Å². The van der Waals surface area contributed by atoms with Gasteiger partial charge in [0.15, 0.2) is 0 Å². The van der Waals surface area contributed by atoms with Crippen LogP contribution in [0.15, 0.2) is 18.2 Å². The van der Waals surface area contributed by atoms with Crippen molar-refractivity contribution in [2.75, 3.05) is 13.6 Å². The first-order valence-electron chi connectivity index (χ1n) is 6.59. The topological polar surface area (TPSA) is 47.3 Å². The highest BCUT2D eigenvalue weighted by Crippen LogP contribution is 2.30. The number of likely N-dealkylation sites (N-methyl/N-ethyl adjacent to an activating group) is 1. The number of rotatable bonds is 4. The predicted octanol–water partition coefficient (Wildman–Crippen LogP) is 2.49. The average Bonchev–Trinajstić information content (AvgIpc) is 2.39. The van der Waals surface area contributed by atoms with Crippen molar-refractivity contribution in [1.29, 1.82) is 5.26 Å². The van der Waals surface area contributed by atoms with E-state index in [9.17, 15) is 5.11 Å². The fraction of sp³-hybridized carbons (Fsp3) is 0.533. The molecular formula is C15H20N2O. The molecular weight excluding hydrogens is 224 g/mol. The van der Waals surface area contributed by atoms with Crippen molar-refractivity contribution >= 4 is 0 Å². The Balaban J connectivity index is 1.97. The second-order valence-corrected chi connectivity index (χ2v) is 5.05. The molecule has 18 heavy (non-hydrogen) atoms. The quantitative estimate of drug-likeness (QED) is 0.828. The van der Waals surface area contributed by atoms with Gasteiger partial charge in [0, 0.05) is 12.5 Å². The molecule has 1 N–H and O–H groups in total. The molecule has 2 rings (SSSR count). The Morgan fingerprint density at radius 1 is 1.50 bits per heavy atom. The predicted molar refractivity (Wildman–Crippen MR) is 71.4 cm³/mol. The van der Waals surface area contributed by atoms with Gasteiger partial charge in [-0.2, -0.15) is 5.26 Å². The fourth-order valence-corrected chi connectivity index (χ4v) is 2.73. The van der Waals surface area contributed by atoms with E-state index in [0.717, 1.165) is 37.8 Å². The lowest BCUT2D eigenvalue weighted by atomic mass is 9.87. The number of aromatic hydroxyl groups is 1. The van der Waals surface area contributed by atoms with Crippen LogP contribution in [-0.2, 0) is 12.8 Å². The third kappa shape index (κ3) is 2.83. The van der Waals surface area contributed by atoms with Gasteiger partial charge in [0.05, 0.1) is 6.07 Å². The van der Waals surface area contributed by atoms with Crippen molar-refractivity contribution in [2.24, 2.45) is 0 Å². The van der Waals surface area contributed by atoms with Crippen LogP contribution in [-0.4, -0.2) is 29.6 Å². The lowest BCUT2D eigenvalue weighted by molar-refractivity contribution is 0.219. The summed E-state index contributed by atoms with van der Waals surface area (Å²) in [6.45, 7) is 0.979. The second kappa shape index (κ2) is 5.88. The van der Waals surface area contributed by atoms with E-state index in [0.29, 0.717) is 18.2 Å². The zero-order valence-electron chi connectivity index (χ0n) is 10.9. The average molecular weight is 244 g/mol. The van der Waals surface area contributed by atoms with Crippen LogP contribution in [0.5, 0.6) is 5.75 Å². The number of hydrogen-bond acceptors (Lipinski definition) is 3. The molecule has 0 unspecified atom stereocenters. The summed E-state index contributed by atoms with van der Waals surface area (Å²) in [5.41, 5.74) is 2.40. The molecule has 0 bridgehead atoms. The molecule has 0 saturated heterocycles. The number of hydrogen-bond donors (Lipinski definition) is 1. The molecule has 1 aliphatic rings. The molecule has 1 atom stereocenters. The minimum atomic E-state index is 0.443. The van der Waals surface area contributed by atoms with Crippen molar-refractivity contribution in [3.8, 4) is 11.8 Å². The first-order valence-corrected chi connectivity index (χ1v) is 6.59. The first kappa shape index (κ1) is 12.9. The number of benzene rings is 1. The van der Waals surface area contributed by atoms with E-state index in [1.165, 1.54) is 5.56 Å². The molecule has 1 aromatic rings. The largest absolute Gasteiger partial charge is 0.508 e. The molecule has 0 saturated carbocycles. The highest BCUT2D eigenvalue weighted by molar-refractivity contribution is 5.41. The van der Waals surface area contributed by atoms with Gasteiger partial charge in [-0.3, -0.25) is 0 Å². The van der Waals surface area contributed by atoms with Gasteiger partial charge >= 0.3 is 0 Å². The maximum absolute atomic E-state index is 9.80. The van der Waals surface area contributed by atoms with Crippen LogP contribution in [0.1, 0.15) is 30.4 Å². The maximum atomic E-state index is 9.80. The number of fused-ring (bicyclic) bond motifs is 1. The summed E-state index contributed by atoms with van der Waals surface area (Å²) in [7, 11) is 2.13. The number of nitriles is 1. The Morgan fingerprint density at radius 3 is 3.11 bits per heavy atom. The van der Waals surface area contributed by atoms with Crippen molar-refractivity contribution in [1.82, 2.24) is 4.90 Å². The molecule has 3 heteroatoms. The van der Waals surface area contributed by atoms with E-state index in [1.807, 2.05) is 6.07 Å². The van der Waals surface area contributed by atoms with E-state index in [1.54, 1.807) is 6.07 Å². The Morgan fingerprint density at radius 2 is 2.33 bits per heavy atom. The molecule has 3 nitrogen and oxygen atoms in total. The molecule has 1 aromatic carbocycles. The van der Waals surface area contributed by atoms with Crippen LogP contribution in [0.3, 0.4) is 0 Å². The van der Waals surface area contributed by atoms with Crippen molar-refractivity contribution in [3.05, 3.63) is 29.3 Å². The summed E-state index contributed by atoms with van der Waals surface area (Å²) >= 11 is 0. The minimum absolute atomic E-state index is 0.443. The summed E-state index contributed by atoms with van der Waals surface area (Å²) in [5, 5.41) is 18.4. The summed E-state index contributed by atoms with van der Waals surface area (Å²) in [5.74, 6) is 0.443. The van der Waals surface area contributed by atoms with Gasteiger partial charge < -0.3 is 10.0 Å². The van der Waals surface area contributed by atoms with Gasteiger partial charge in [-0.15, -0.1) is 0 Å². The summed E-state index contributed by atoms with van der Waals surface area (Å²) in [6, 6.07) is 8.54. The van der Waals surface area contributed by atoms with Crippen molar-refractivity contribution in [3.63, 3.8) is 0 Å². The zero-order chi connectivity index (χ0) is 13.0. The normalized spacial score (nSPS) is 18.4. The highest BCUT2D eigenvalue weighted by atomic mass is 16.3. The van der Waals surface area contributed by atoms with Gasteiger partial charge in [0.2, 0.25) is 0 Å². The standard InChI is InChI=1S/C15H20N2O/c1-17(10-3-2-9-16)13-7-8-14-12(11-13)5-4-6-15(14)18/h4-6,13,18H,2-3,7-8,10-11H2,1H3/t13-/m1/s1. The van der Waals surface area contributed by atoms with Crippen LogP contribution < -0.4 is 0 Å². The second-order valence-electron chi connectivity index (χ2n) is 5.05. The molecule has 0 aliphatic heterocycles. The Bertz CT molecular complexity index is 450. The number of nitrogens with zero attached hydrogens (tertiary/aromatic N) is 2. The number of phenols is 1. The van der Waals surface area contributed by atoms with E-state index in [4.69, 9.17) is 5.26 Å². The molecule has 96 valence electrons. The van der Waals surface area contributed by atoms with Gasteiger partial charge in [0.25, 0.3) is 0 Å². The van der Waals surface area contributed by atoms with Crippen LogP contribution >= 0.6 is 0 Å². The molecule has 0 heterocycles. The summed E-state index contributed by atoms with van der Waals surface area (Å²) < 4.78 is 0. The molecule has 0 fully saturated rings. The third-order valence-corrected chi connectivity index (χ3v) is 3.85. The zero-order valence-corrected chi connectivity index (χ0v) is 10.9. The molecule has 0 radical (unpaired) electrons. The minimum Gasteiger partial charge on any atom is -0.508 e. The van der Waals surface area contributed by atoms with Crippen LogP contribution in [0.2, 0.25) is 0 Å². The number of unbranched alkanes of at least 4 members (excludes halogenated alkanes) is 1. The smallest absolute Gasteiger partial charge is 0.119 e. The molecule has 0 aromatic heterocycles. The molecule has 0 spiro atoms. The molecule has 1 aliphatic carbocycles. The Labute approximate surface area is 109 Å². The van der Waals surface area contributed by atoms with Crippen LogP contribution in [0.25, 0.3) is 0 Å². The third-order valence-electron chi connectivity index (χ3n) is 3.85. The lowest BCUT2D eigenvalue weighted by Gasteiger charge is -2.32. The van der Waals surface area contributed by atoms with Gasteiger partial charge in [-0.1, -0.05) is 12.1 Å². The van der Waals surface area contributed by atoms with Crippen molar-refractivity contribution in [2.45, 2.75) is 38.1 Å². The summed E-state index contributed by atoms with van der Waals surface area (Å²) in [4.78, 5) is 2.35. The van der Waals surface area contributed by atoms with E-state index in [-0.39, 0.29) is 0 Å². The lowest BCUT2D eigenvalue weighted by Crippen LogP contribution is -2.37. The Hall–Kier alpha value is -1.53. The van der Waals surface area contributed by atoms with Gasteiger partial charge in [-0.25, -0.2) is 0 Å². The maximum Gasteiger partial charge on any atom is 0.119 e.